The van der Waals surface area contributed by atoms with Gasteiger partial charge in [0, 0.05) is 35.9 Å². The summed E-state index contributed by atoms with van der Waals surface area (Å²) in [5.74, 6) is 0.270. The third-order valence-corrected chi connectivity index (χ3v) is 12.4. The summed E-state index contributed by atoms with van der Waals surface area (Å²) in [4.78, 5) is 2.59. The largest absolute Gasteiger partial charge is 0.135 e. The number of allylic oxidation sites excluding steroid dienone is 5. The van der Waals surface area contributed by atoms with E-state index in [1.807, 2.05) is 23.1 Å². The highest BCUT2D eigenvalue weighted by molar-refractivity contribution is 7.99. The van der Waals surface area contributed by atoms with Gasteiger partial charge in [-0.15, -0.1) is 11.3 Å². The summed E-state index contributed by atoms with van der Waals surface area (Å²) < 4.78 is 2.67. The van der Waals surface area contributed by atoms with Crippen molar-refractivity contribution in [2.75, 3.05) is 0 Å². The van der Waals surface area contributed by atoms with Crippen LogP contribution in [0.1, 0.15) is 47.9 Å². The molecule has 0 saturated carbocycles. The quantitative estimate of drug-likeness (QED) is 0.170. The molecule has 1 unspecified atom stereocenters. The van der Waals surface area contributed by atoms with Crippen molar-refractivity contribution in [3.63, 3.8) is 0 Å². The van der Waals surface area contributed by atoms with Gasteiger partial charge in [-0.3, -0.25) is 0 Å². The molecule has 0 amide bonds. The molecule has 1 aromatic heterocycles. The van der Waals surface area contributed by atoms with Gasteiger partial charge in [-0.1, -0.05) is 151 Å². The van der Waals surface area contributed by atoms with Gasteiger partial charge in [-0.25, -0.2) is 0 Å². The summed E-state index contributed by atoms with van der Waals surface area (Å²) in [7, 11) is 0. The minimum atomic E-state index is 0.270. The Morgan fingerprint density at radius 2 is 1.27 bits per heavy atom. The lowest BCUT2D eigenvalue weighted by molar-refractivity contribution is 0.711. The van der Waals surface area contributed by atoms with Gasteiger partial charge in [-0.05, 0) is 94.1 Å². The highest BCUT2D eigenvalue weighted by Gasteiger charge is 2.25. The molecule has 0 N–H and O–H groups in total. The first kappa shape index (κ1) is 29.3. The molecule has 2 heteroatoms. The smallest absolute Gasteiger partial charge is 0.0355 e. The molecule has 2 bridgehead atoms. The standard InChI is InChI=1S/C46H34S2/c1-30-25-27-38-34-16-5-3-14-31(34)13-2-4-15-33(30)41-22-12-21-35(32-26-28-45-42(29-32)40-20-9-10-23-43(40)47-45)46(41)48-44-24-11-8-19-39(44)37-18-7-6-17-36(37)38/h2-24,26,28-29,38H,25,27H2,1H3/b13-2+,15-4-,33-30-. The lowest BCUT2D eigenvalue weighted by atomic mass is 9.80. The van der Waals surface area contributed by atoms with Crippen LogP contribution in [0.25, 0.3) is 54.1 Å². The van der Waals surface area contributed by atoms with Crippen molar-refractivity contribution in [2.24, 2.45) is 0 Å². The van der Waals surface area contributed by atoms with Gasteiger partial charge < -0.3 is 0 Å². The molecule has 6 aromatic carbocycles. The molecular weight excluding hydrogens is 617 g/mol. The zero-order valence-corrected chi connectivity index (χ0v) is 28.5. The zero-order valence-electron chi connectivity index (χ0n) is 26.8. The molecule has 1 aliphatic carbocycles. The van der Waals surface area contributed by atoms with Crippen LogP contribution < -0.4 is 0 Å². The Bertz CT molecular complexity index is 2450. The first-order valence-corrected chi connectivity index (χ1v) is 18.4. The second-order valence-corrected chi connectivity index (χ2v) is 14.9. The van der Waals surface area contributed by atoms with Gasteiger partial charge in [0.15, 0.2) is 0 Å². The third-order valence-electron chi connectivity index (χ3n) is 10.0. The van der Waals surface area contributed by atoms with Gasteiger partial charge in [-0.2, -0.15) is 0 Å². The number of benzene rings is 6. The summed E-state index contributed by atoms with van der Waals surface area (Å²) in [6.45, 7) is 2.35. The van der Waals surface area contributed by atoms with E-state index < -0.39 is 0 Å². The molecule has 2 aliphatic rings. The van der Waals surface area contributed by atoms with Gasteiger partial charge in [0.2, 0.25) is 0 Å². The van der Waals surface area contributed by atoms with Crippen molar-refractivity contribution < 1.29 is 0 Å². The predicted octanol–water partition coefficient (Wildman–Crippen LogP) is 13.8. The predicted molar refractivity (Wildman–Crippen MR) is 209 cm³/mol. The maximum atomic E-state index is 2.42. The van der Waals surface area contributed by atoms with Crippen LogP contribution in [0, 0.1) is 0 Å². The van der Waals surface area contributed by atoms with Crippen LogP contribution in [-0.2, 0) is 0 Å². The normalized spacial score (nSPS) is 18.6. The Morgan fingerprint density at radius 3 is 2.21 bits per heavy atom. The molecule has 0 spiro atoms. The Labute approximate surface area is 290 Å². The molecule has 1 atom stereocenters. The van der Waals surface area contributed by atoms with Crippen molar-refractivity contribution in [1.29, 1.82) is 0 Å². The molecule has 48 heavy (non-hydrogen) atoms. The van der Waals surface area contributed by atoms with Crippen LogP contribution in [0.3, 0.4) is 0 Å². The van der Waals surface area contributed by atoms with E-state index in [0.717, 1.165) is 12.8 Å². The lowest BCUT2D eigenvalue weighted by Gasteiger charge is -2.26. The molecule has 2 heterocycles. The number of rotatable bonds is 1. The van der Waals surface area contributed by atoms with E-state index in [2.05, 4.69) is 165 Å². The van der Waals surface area contributed by atoms with Crippen molar-refractivity contribution in [3.05, 3.63) is 180 Å². The summed E-state index contributed by atoms with van der Waals surface area (Å²) >= 11 is 3.80. The van der Waals surface area contributed by atoms with Crippen molar-refractivity contribution in [1.82, 2.24) is 0 Å². The monoisotopic (exact) mass is 650 g/mol. The van der Waals surface area contributed by atoms with Crippen LogP contribution in [0.4, 0.5) is 0 Å². The zero-order chi connectivity index (χ0) is 32.0. The second kappa shape index (κ2) is 12.3. The molecule has 0 nitrogen and oxygen atoms in total. The molecule has 0 fully saturated rings. The minimum absolute atomic E-state index is 0.270. The van der Waals surface area contributed by atoms with Crippen molar-refractivity contribution >= 4 is 54.9 Å². The average Bonchev–Trinajstić information content (AvgIpc) is 3.49. The maximum absolute atomic E-state index is 2.42. The maximum Gasteiger partial charge on any atom is 0.0355 e. The highest BCUT2D eigenvalue weighted by Crippen LogP contribution is 2.49. The lowest BCUT2D eigenvalue weighted by Crippen LogP contribution is -2.07. The van der Waals surface area contributed by atoms with E-state index in [9.17, 15) is 0 Å². The summed E-state index contributed by atoms with van der Waals surface area (Å²) in [6.07, 6.45) is 11.1. The van der Waals surface area contributed by atoms with Crippen LogP contribution in [0.2, 0.25) is 0 Å². The highest BCUT2D eigenvalue weighted by atomic mass is 32.2. The van der Waals surface area contributed by atoms with Crippen LogP contribution >= 0.6 is 23.1 Å². The second-order valence-electron chi connectivity index (χ2n) is 12.8. The van der Waals surface area contributed by atoms with E-state index in [-0.39, 0.29) is 5.92 Å². The Balaban J connectivity index is 1.34. The van der Waals surface area contributed by atoms with E-state index in [4.69, 9.17) is 0 Å². The van der Waals surface area contributed by atoms with Crippen molar-refractivity contribution in [2.45, 2.75) is 35.5 Å². The molecule has 230 valence electrons. The molecule has 9 rings (SSSR count). The van der Waals surface area contributed by atoms with Gasteiger partial charge in [0.25, 0.3) is 0 Å². The molecular formula is C46H34S2. The van der Waals surface area contributed by atoms with E-state index in [1.165, 1.54) is 85.6 Å². The molecule has 0 saturated heterocycles. The first-order valence-electron chi connectivity index (χ1n) is 16.8. The van der Waals surface area contributed by atoms with Crippen LogP contribution in [0.15, 0.2) is 167 Å². The fourth-order valence-electron chi connectivity index (χ4n) is 7.64. The number of thiophene rings is 1. The van der Waals surface area contributed by atoms with Crippen molar-refractivity contribution in [3.8, 4) is 22.3 Å². The summed E-state index contributed by atoms with van der Waals surface area (Å²) in [6, 6.07) is 49.9. The number of hydrogen-bond acceptors (Lipinski definition) is 2. The summed E-state index contributed by atoms with van der Waals surface area (Å²) in [5, 5.41) is 2.67. The minimum Gasteiger partial charge on any atom is -0.135 e. The Kier molecular flexibility index (Phi) is 7.49. The molecule has 7 aromatic rings. The SMILES string of the molecule is C\C1=C2/C=C\C=C\c3ccccc3C(CC1)c1ccccc1-c1ccccc1Sc1c2cccc1-c1ccc2sc3ccccc3c2c1. The molecule has 1 aliphatic heterocycles. The van der Waals surface area contributed by atoms with E-state index in [0.29, 0.717) is 0 Å². The van der Waals surface area contributed by atoms with E-state index in [1.54, 1.807) is 0 Å². The first-order chi connectivity index (χ1) is 23.7. The fourth-order valence-corrected chi connectivity index (χ4v) is 9.97. The van der Waals surface area contributed by atoms with Gasteiger partial charge in [0.1, 0.15) is 0 Å². The number of fused-ring (bicyclic) bond motifs is 14. The Hall–Kier alpha value is -4.89. The van der Waals surface area contributed by atoms with Crippen LogP contribution in [0.5, 0.6) is 0 Å². The van der Waals surface area contributed by atoms with E-state index >= 15 is 0 Å². The van der Waals surface area contributed by atoms with Gasteiger partial charge in [0.05, 0.1) is 0 Å². The number of hydrogen-bond donors (Lipinski definition) is 0. The third kappa shape index (κ3) is 5.08. The Morgan fingerprint density at radius 1 is 0.562 bits per heavy atom. The average molecular weight is 651 g/mol. The summed E-state index contributed by atoms with van der Waals surface area (Å²) in [5.41, 5.74) is 13.3. The van der Waals surface area contributed by atoms with Gasteiger partial charge >= 0.3 is 0 Å². The fraction of sp³-hybridized carbons (Fsp3) is 0.0870. The molecule has 0 radical (unpaired) electrons. The topological polar surface area (TPSA) is 0 Å². The van der Waals surface area contributed by atoms with Crippen LogP contribution in [-0.4, -0.2) is 0 Å².